The van der Waals surface area contributed by atoms with Crippen LogP contribution < -0.4 is 11.1 Å². The first-order valence-corrected chi connectivity index (χ1v) is 8.56. The van der Waals surface area contributed by atoms with Crippen LogP contribution in [-0.4, -0.2) is 44.3 Å². The van der Waals surface area contributed by atoms with Gasteiger partial charge in [-0.1, -0.05) is 30.7 Å². The molecule has 0 bridgehead atoms. The van der Waals surface area contributed by atoms with Gasteiger partial charge < -0.3 is 16.2 Å². The molecule has 0 amide bonds. The molecular formula is C17H26N6O2. The molecule has 0 radical (unpaired) electrons. The summed E-state index contributed by atoms with van der Waals surface area (Å²) in [6.45, 7) is 4.55. The molecule has 8 heteroatoms. The summed E-state index contributed by atoms with van der Waals surface area (Å²) in [5, 5.41) is 27.0. The number of rotatable bonds is 10. The Morgan fingerprint density at radius 2 is 2.08 bits per heavy atom. The molecule has 0 saturated carbocycles. The van der Waals surface area contributed by atoms with Crippen molar-refractivity contribution in [2.24, 2.45) is 11.7 Å². The lowest BCUT2D eigenvalue weighted by Gasteiger charge is -2.21. The molecule has 1 aromatic heterocycles. The lowest BCUT2D eigenvalue weighted by Crippen LogP contribution is -2.25. The minimum atomic E-state index is -0.827. The second kappa shape index (κ2) is 9.12. The van der Waals surface area contributed by atoms with Crippen LogP contribution in [0.2, 0.25) is 0 Å². The maximum Gasteiger partial charge on any atom is 0.307 e. The molecule has 2 rings (SSSR count). The highest BCUT2D eigenvalue weighted by Gasteiger charge is 2.31. The molecule has 1 heterocycles. The normalized spacial score (nSPS) is 14.7. The number of H-pyrrole nitrogens is 1. The number of carboxylic acids is 1. The summed E-state index contributed by atoms with van der Waals surface area (Å²) in [4.78, 5) is 11.7. The third-order valence-corrected chi connectivity index (χ3v) is 4.27. The fraction of sp³-hybridized carbons (Fsp3) is 0.529. The first-order valence-electron chi connectivity index (χ1n) is 8.56. The van der Waals surface area contributed by atoms with Crippen LogP contribution in [-0.2, 0) is 11.2 Å². The molecule has 136 valence electrons. The van der Waals surface area contributed by atoms with Gasteiger partial charge in [0.1, 0.15) is 0 Å². The van der Waals surface area contributed by atoms with Gasteiger partial charge >= 0.3 is 5.97 Å². The first kappa shape index (κ1) is 18.9. The van der Waals surface area contributed by atoms with E-state index in [2.05, 4.69) is 25.9 Å². The van der Waals surface area contributed by atoms with Crippen LogP contribution >= 0.6 is 0 Å². The van der Waals surface area contributed by atoms with Gasteiger partial charge in [-0.3, -0.25) is 4.79 Å². The minimum absolute atomic E-state index is 0.193. The smallest absolute Gasteiger partial charge is 0.307 e. The maximum absolute atomic E-state index is 11.7. The fourth-order valence-electron chi connectivity index (χ4n) is 2.88. The number of hydrogen-bond acceptors (Lipinski definition) is 6. The van der Waals surface area contributed by atoms with Crippen LogP contribution in [0.5, 0.6) is 0 Å². The van der Waals surface area contributed by atoms with Gasteiger partial charge in [0.05, 0.1) is 5.92 Å². The molecule has 25 heavy (non-hydrogen) atoms. The van der Waals surface area contributed by atoms with Crippen LogP contribution in [0.1, 0.15) is 44.0 Å². The molecule has 0 aliphatic rings. The molecule has 0 fully saturated rings. The predicted octanol–water partition coefficient (Wildman–Crippen LogP) is 1.79. The lowest BCUT2D eigenvalue weighted by molar-refractivity contribution is -0.142. The van der Waals surface area contributed by atoms with Gasteiger partial charge in [0.15, 0.2) is 5.82 Å². The fourth-order valence-corrected chi connectivity index (χ4v) is 2.88. The van der Waals surface area contributed by atoms with E-state index in [0.29, 0.717) is 25.2 Å². The molecule has 0 aliphatic heterocycles. The zero-order valence-corrected chi connectivity index (χ0v) is 14.6. The van der Waals surface area contributed by atoms with Gasteiger partial charge in [-0.2, -0.15) is 5.21 Å². The van der Waals surface area contributed by atoms with Gasteiger partial charge in [0.2, 0.25) is 0 Å². The average Bonchev–Trinajstić information content (AvgIpc) is 3.13. The Bertz CT molecular complexity index is 644. The van der Waals surface area contributed by atoms with E-state index in [0.717, 1.165) is 17.7 Å². The van der Waals surface area contributed by atoms with Crippen molar-refractivity contribution < 1.29 is 9.90 Å². The number of tetrazole rings is 1. The van der Waals surface area contributed by atoms with Crippen LogP contribution in [0.25, 0.3) is 0 Å². The minimum Gasteiger partial charge on any atom is -0.481 e. The number of nitrogens with zero attached hydrogens (tertiary/aromatic N) is 3. The van der Waals surface area contributed by atoms with Crippen LogP contribution in [0.4, 0.5) is 5.69 Å². The molecule has 5 N–H and O–H groups in total. The molecule has 3 atom stereocenters. The predicted molar refractivity (Wildman–Crippen MR) is 95.2 cm³/mol. The molecule has 8 nitrogen and oxygen atoms in total. The Morgan fingerprint density at radius 3 is 2.60 bits per heavy atom. The molecule has 0 aliphatic carbocycles. The van der Waals surface area contributed by atoms with Crippen LogP contribution in [0, 0.1) is 5.92 Å². The Balaban J connectivity index is 2.17. The highest BCUT2D eigenvalue weighted by Crippen LogP contribution is 2.30. The van der Waals surface area contributed by atoms with Crippen molar-refractivity contribution in [3.8, 4) is 0 Å². The van der Waals surface area contributed by atoms with Crippen LogP contribution in [0.3, 0.4) is 0 Å². The molecular weight excluding hydrogens is 320 g/mol. The van der Waals surface area contributed by atoms with Gasteiger partial charge in [-0.05, 0) is 37.5 Å². The largest absolute Gasteiger partial charge is 0.481 e. The number of nitrogens with one attached hydrogen (secondary N) is 2. The zero-order valence-electron chi connectivity index (χ0n) is 14.6. The van der Waals surface area contributed by atoms with Crippen molar-refractivity contribution in [1.29, 1.82) is 0 Å². The second-order valence-electron chi connectivity index (χ2n) is 6.29. The lowest BCUT2D eigenvalue weighted by atomic mass is 9.83. The van der Waals surface area contributed by atoms with E-state index in [9.17, 15) is 9.90 Å². The summed E-state index contributed by atoms with van der Waals surface area (Å²) >= 11 is 0. The average molecular weight is 346 g/mol. The number of aromatic nitrogens is 4. The van der Waals surface area contributed by atoms with E-state index < -0.39 is 11.9 Å². The van der Waals surface area contributed by atoms with Crippen molar-refractivity contribution in [2.75, 3.05) is 11.9 Å². The highest BCUT2D eigenvalue weighted by molar-refractivity contribution is 5.71. The summed E-state index contributed by atoms with van der Waals surface area (Å²) < 4.78 is 0. The Labute approximate surface area is 147 Å². The van der Waals surface area contributed by atoms with E-state index >= 15 is 0 Å². The maximum atomic E-state index is 11.7. The van der Waals surface area contributed by atoms with Gasteiger partial charge in [0, 0.05) is 24.2 Å². The second-order valence-corrected chi connectivity index (χ2v) is 6.29. The van der Waals surface area contributed by atoms with E-state index in [1.165, 1.54) is 0 Å². The van der Waals surface area contributed by atoms with E-state index in [-0.39, 0.29) is 12.0 Å². The van der Waals surface area contributed by atoms with Gasteiger partial charge in [-0.15, -0.1) is 10.2 Å². The third-order valence-electron chi connectivity index (χ3n) is 4.27. The number of carboxylic acid groups (broad SMARTS) is 1. The van der Waals surface area contributed by atoms with E-state index in [1.54, 1.807) is 0 Å². The third kappa shape index (κ3) is 5.25. The van der Waals surface area contributed by atoms with Crippen molar-refractivity contribution in [3.05, 3.63) is 35.7 Å². The standard InChI is InChI=1S/C17H26N6O2/c1-3-4-14(17(24)25)15(16-20-22-23-21-16)9-12-5-7-13(8-6-12)19-11(2)10-18/h5-8,11,14-15,19H,3-4,9-10,18H2,1-2H3,(H,24,25)(H,20,21,22,23)/t11?,14-,15-/m0/s1. The Hall–Kier alpha value is -2.48. The quantitative estimate of drug-likeness (QED) is 0.516. The van der Waals surface area contributed by atoms with E-state index in [1.807, 2.05) is 38.1 Å². The molecule has 1 unspecified atom stereocenters. The Morgan fingerprint density at radius 1 is 1.36 bits per heavy atom. The SMILES string of the molecule is CCC[C@H](C(=O)O)[C@H](Cc1ccc(NC(C)CN)cc1)c1nn[nH]n1. The monoisotopic (exact) mass is 346 g/mol. The van der Waals surface area contributed by atoms with Crippen molar-refractivity contribution in [1.82, 2.24) is 20.6 Å². The first-order chi connectivity index (χ1) is 12.0. The number of benzene rings is 1. The summed E-state index contributed by atoms with van der Waals surface area (Å²) in [6.07, 6.45) is 1.90. The number of hydrogen-bond donors (Lipinski definition) is 4. The number of aromatic amines is 1. The Kier molecular flexibility index (Phi) is 6.88. The number of anilines is 1. The van der Waals surface area contributed by atoms with Crippen molar-refractivity contribution >= 4 is 11.7 Å². The van der Waals surface area contributed by atoms with E-state index in [4.69, 9.17) is 5.73 Å². The van der Waals surface area contributed by atoms with Crippen molar-refractivity contribution in [3.63, 3.8) is 0 Å². The van der Waals surface area contributed by atoms with Gasteiger partial charge in [-0.25, -0.2) is 0 Å². The van der Waals surface area contributed by atoms with Gasteiger partial charge in [0.25, 0.3) is 0 Å². The summed E-state index contributed by atoms with van der Waals surface area (Å²) in [5.74, 6) is -1.25. The number of aliphatic carboxylic acids is 1. The summed E-state index contributed by atoms with van der Waals surface area (Å²) in [5.41, 5.74) is 7.64. The molecule has 2 aromatic rings. The molecule has 0 spiro atoms. The highest BCUT2D eigenvalue weighted by atomic mass is 16.4. The molecule has 0 saturated heterocycles. The van der Waals surface area contributed by atoms with Crippen LogP contribution in [0.15, 0.2) is 24.3 Å². The topological polar surface area (TPSA) is 130 Å². The number of nitrogens with two attached hydrogens (primary N) is 1. The summed E-state index contributed by atoms with van der Waals surface area (Å²) in [7, 11) is 0. The zero-order chi connectivity index (χ0) is 18.2. The number of carbonyl (C=O) groups is 1. The van der Waals surface area contributed by atoms with Crippen molar-refractivity contribution in [2.45, 2.75) is 45.1 Å². The molecule has 1 aromatic carbocycles. The summed E-state index contributed by atoms with van der Waals surface area (Å²) in [6, 6.07) is 8.13.